The van der Waals surface area contributed by atoms with Crippen LogP contribution in [0.5, 0.6) is 0 Å². The molecule has 0 spiro atoms. The minimum absolute atomic E-state index is 0.0497. The molecule has 1 aromatic carbocycles. The molecule has 1 rings (SSSR count). The van der Waals surface area contributed by atoms with E-state index >= 15 is 0 Å². The second-order valence-electron chi connectivity index (χ2n) is 3.79. The van der Waals surface area contributed by atoms with Crippen molar-refractivity contribution >= 4 is 0 Å². The van der Waals surface area contributed by atoms with E-state index in [-0.39, 0.29) is 6.61 Å². The van der Waals surface area contributed by atoms with Gasteiger partial charge in [-0.3, -0.25) is 0 Å². The van der Waals surface area contributed by atoms with Gasteiger partial charge in [0, 0.05) is 11.1 Å². The van der Waals surface area contributed by atoms with Gasteiger partial charge in [-0.05, 0) is 25.0 Å². The molecule has 2 nitrogen and oxygen atoms in total. The number of aliphatic hydroxyl groups is 1. The van der Waals surface area contributed by atoms with Crippen LogP contribution in [-0.4, -0.2) is 17.3 Å². The number of hydrogen-bond donors (Lipinski definition) is 2. The lowest BCUT2D eigenvalue weighted by molar-refractivity contribution is 0.208. The highest BCUT2D eigenvalue weighted by molar-refractivity contribution is 5.40. The van der Waals surface area contributed by atoms with E-state index < -0.39 is 5.54 Å². The third-order valence-electron chi connectivity index (χ3n) is 2.13. The zero-order valence-corrected chi connectivity index (χ0v) is 8.33. The molecule has 2 heteroatoms. The van der Waals surface area contributed by atoms with E-state index in [4.69, 9.17) is 17.3 Å². The van der Waals surface area contributed by atoms with Crippen molar-refractivity contribution in [3.05, 3.63) is 35.4 Å². The first-order valence-corrected chi connectivity index (χ1v) is 4.53. The SMILES string of the molecule is C#Cc1ccccc1CC(C)(N)CO. The van der Waals surface area contributed by atoms with Gasteiger partial charge in [-0.15, -0.1) is 6.42 Å². The minimum Gasteiger partial charge on any atom is -0.394 e. The van der Waals surface area contributed by atoms with Crippen LogP contribution >= 0.6 is 0 Å². The van der Waals surface area contributed by atoms with Gasteiger partial charge in [0.1, 0.15) is 0 Å². The molecule has 74 valence electrons. The van der Waals surface area contributed by atoms with Gasteiger partial charge in [0.15, 0.2) is 0 Å². The molecule has 0 fully saturated rings. The third-order valence-corrected chi connectivity index (χ3v) is 2.13. The van der Waals surface area contributed by atoms with E-state index in [9.17, 15) is 0 Å². The van der Waals surface area contributed by atoms with Gasteiger partial charge in [0.05, 0.1) is 6.61 Å². The van der Waals surface area contributed by atoms with Crippen molar-refractivity contribution in [2.75, 3.05) is 6.61 Å². The highest BCUT2D eigenvalue weighted by Crippen LogP contribution is 2.14. The second-order valence-corrected chi connectivity index (χ2v) is 3.79. The molecule has 0 aliphatic carbocycles. The number of nitrogens with two attached hydrogens (primary N) is 1. The van der Waals surface area contributed by atoms with E-state index in [2.05, 4.69) is 5.92 Å². The molecule has 0 saturated heterocycles. The van der Waals surface area contributed by atoms with Crippen molar-refractivity contribution in [3.63, 3.8) is 0 Å². The lowest BCUT2D eigenvalue weighted by Gasteiger charge is -2.22. The van der Waals surface area contributed by atoms with Gasteiger partial charge in [0.2, 0.25) is 0 Å². The normalized spacial score (nSPS) is 14.4. The largest absolute Gasteiger partial charge is 0.394 e. The number of aliphatic hydroxyl groups excluding tert-OH is 1. The zero-order valence-electron chi connectivity index (χ0n) is 8.33. The van der Waals surface area contributed by atoms with E-state index in [0.29, 0.717) is 6.42 Å². The Bertz CT molecular complexity index is 350. The molecular formula is C12H15NO. The maximum absolute atomic E-state index is 9.04. The summed E-state index contributed by atoms with van der Waals surface area (Å²) in [4.78, 5) is 0. The van der Waals surface area contributed by atoms with Crippen molar-refractivity contribution in [1.82, 2.24) is 0 Å². The lowest BCUT2D eigenvalue weighted by atomic mass is 9.92. The maximum atomic E-state index is 9.04. The van der Waals surface area contributed by atoms with Crippen LogP contribution in [-0.2, 0) is 6.42 Å². The monoisotopic (exact) mass is 189 g/mol. The molecule has 0 radical (unpaired) electrons. The number of benzene rings is 1. The Morgan fingerprint density at radius 3 is 2.71 bits per heavy atom. The van der Waals surface area contributed by atoms with Gasteiger partial charge in [-0.25, -0.2) is 0 Å². The first-order chi connectivity index (χ1) is 6.59. The molecule has 1 atom stereocenters. The predicted octanol–water partition coefficient (Wildman–Crippen LogP) is 0.920. The number of terminal acetylenes is 1. The van der Waals surface area contributed by atoms with Crippen molar-refractivity contribution in [2.24, 2.45) is 5.73 Å². The summed E-state index contributed by atoms with van der Waals surface area (Å²) in [6.07, 6.45) is 5.94. The fourth-order valence-electron chi connectivity index (χ4n) is 1.31. The van der Waals surface area contributed by atoms with Crippen LogP contribution < -0.4 is 5.73 Å². The van der Waals surface area contributed by atoms with E-state index in [1.807, 2.05) is 24.3 Å². The van der Waals surface area contributed by atoms with Gasteiger partial charge >= 0.3 is 0 Å². The average Bonchev–Trinajstić information content (AvgIpc) is 2.18. The molecular weight excluding hydrogens is 174 g/mol. The Hall–Kier alpha value is -1.30. The maximum Gasteiger partial charge on any atom is 0.0611 e. The molecule has 0 aliphatic heterocycles. The number of rotatable bonds is 3. The van der Waals surface area contributed by atoms with E-state index in [1.54, 1.807) is 6.92 Å². The summed E-state index contributed by atoms with van der Waals surface area (Å²) < 4.78 is 0. The van der Waals surface area contributed by atoms with Crippen molar-refractivity contribution in [1.29, 1.82) is 0 Å². The molecule has 0 bridgehead atoms. The summed E-state index contributed by atoms with van der Waals surface area (Å²) in [6, 6.07) is 7.63. The van der Waals surface area contributed by atoms with Crippen LogP contribution in [0.3, 0.4) is 0 Å². The molecule has 0 aliphatic rings. The Kier molecular flexibility index (Phi) is 3.29. The van der Waals surface area contributed by atoms with E-state index in [0.717, 1.165) is 11.1 Å². The number of hydrogen-bond acceptors (Lipinski definition) is 2. The summed E-state index contributed by atoms with van der Waals surface area (Å²) in [7, 11) is 0. The lowest BCUT2D eigenvalue weighted by Crippen LogP contribution is -2.42. The first kappa shape index (κ1) is 10.8. The Morgan fingerprint density at radius 1 is 1.50 bits per heavy atom. The predicted molar refractivity (Wildman–Crippen MR) is 57.8 cm³/mol. The summed E-state index contributed by atoms with van der Waals surface area (Å²) in [5, 5.41) is 9.04. The molecule has 0 amide bonds. The molecule has 0 aromatic heterocycles. The molecule has 3 N–H and O–H groups in total. The summed E-state index contributed by atoms with van der Waals surface area (Å²) in [5.41, 5.74) is 7.10. The van der Waals surface area contributed by atoms with Gasteiger partial charge in [-0.1, -0.05) is 24.1 Å². The highest BCUT2D eigenvalue weighted by atomic mass is 16.3. The molecule has 0 heterocycles. The Balaban J connectivity index is 2.92. The fourth-order valence-corrected chi connectivity index (χ4v) is 1.31. The fraction of sp³-hybridized carbons (Fsp3) is 0.333. The van der Waals surface area contributed by atoms with Crippen LogP contribution in [0.4, 0.5) is 0 Å². The topological polar surface area (TPSA) is 46.2 Å². The Morgan fingerprint density at radius 2 is 2.14 bits per heavy atom. The van der Waals surface area contributed by atoms with E-state index in [1.165, 1.54) is 0 Å². The van der Waals surface area contributed by atoms with Gasteiger partial charge in [-0.2, -0.15) is 0 Å². The summed E-state index contributed by atoms with van der Waals surface area (Å²) in [6.45, 7) is 1.76. The van der Waals surface area contributed by atoms with Crippen LogP contribution in [0.25, 0.3) is 0 Å². The van der Waals surface area contributed by atoms with Crippen molar-refractivity contribution in [3.8, 4) is 12.3 Å². The molecule has 1 unspecified atom stereocenters. The van der Waals surface area contributed by atoms with Crippen LogP contribution in [0.2, 0.25) is 0 Å². The molecule has 14 heavy (non-hydrogen) atoms. The molecule has 0 saturated carbocycles. The zero-order chi connectivity index (χ0) is 10.6. The van der Waals surface area contributed by atoms with Crippen molar-refractivity contribution < 1.29 is 5.11 Å². The highest BCUT2D eigenvalue weighted by Gasteiger charge is 2.18. The minimum atomic E-state index is -0.604. The first-order valence-electron chi connectivity index (χ1n) is 4.53. The van der Waals surface area contributed by atoms with Gasteiger partial charge < -0.3 is 10.8 Å². The standard InChI is InChI=1S/C12H15NO/c1-3-10-6-4-5-7-11(10)8-12(2,13)9-14/h1,4-7,14H,8-9,13H2,2H3. The quantitative estimate of drug-likeness (QED) is 0.694. The van der Waals surface area contributed by atoms with Gasteiger partial charge in [0.25, 0.3) is 0 Å². The molecule has 1 aromatic rings. The van der Waals surface area contributed by atoms with Crippen LogP contribution in [0, 0.1) is 12.3 Å². The van der Waals surface area contributed by atoms with Crippen LogP contribution in [0.1, 0.15) is 18.1 Å². The second kappa shape index (κ2) is 4.28. The third kappa shape index (κ3) is 2.59. The van der Waals surface area contributed by atoms with Crippen molar-refractivity contribution in [2.45, 2.75) is 18.9 Å². The van der Waals surface area contributed by atoms with Crippen LogP contribution in [0.15, 0.2) is 24.3 Å². The Labute approximate surface area is 84.8 Å². The summed E-state index contributed by atoms with van der Waals surface area (Å²) in [5.74, 6) is 2.61. The smallest absolute Gasteiger partial charge is 0.0611 e. The summed E-state index contributed by atoms with van der Waals surface area (Å²) >= 11 is 0. The average molecular weight is 189 g/mol.